The number of carbonyl (C=O) groups is 2. The van der Waals surface area contributed by atoms with E-state index in [4.69, 9.17) is 16.6 Å². The Hall–Kier alpha value is -4.01. The molecule has 38 heavy (non-hydrogen) atoms. The number of nitrogens with one attached hydrogen (secondary N) is 2. The molecular weight excluding hydrogens is 566 g/mol. The van der Waals surface area contributed by atoms with Crippen molar-refractivity contribution in [2.45, 2.75) is 18.9 Å². The van der Waals surface area contributed by atoms with Gasteiger partial charge in [0, 0.05) is 40.9 Å². The molecule has 0 saturated carbocycles. The van der Waals surface area contributed by atoms with Gasteiger partial charge in [0.25, 0.3) is 0 Å². The van der Waals surface area contributed by atoms with Gasteiger partial charge in [0.15, 0.2) is 11.4 Å². The summed E-state index contributed by atoms with van der Waals surface area (Å²) in [6.45, 7) is 0.525. The smallest absolute Gasteiger partial charge is 0.232 e. The van der Waals surface area contributed by atoms with Crippen LogP contribution in [0.3, 0.4) is 0 Å². The van der Waals surface area contributed by atoms with Gasteiger partial charge in [-0.05, 0) is 45.3 Å². The minimum atomic E-state index is -0.463. The number of carbonyl (C=O) groups excluding carboxylic acids is 2. The zero-order chi connectivity index (χ0) is 26.2. The molecule has 0 bridgehead atoms. The van der Waals surface area contributed by atoms with Crippen LogP contribution in [0.5, 0.6) is 0 Å². The summed E-state index contributed by atoms with van der Waals surface area (Å²) in [6, 6.07) is 24.4. The summed E-state index contributed by atoms with van der Waals surface area (Å²) in [5.74, 6) is 0.131. The van der Waals surface area contributed by atoms with Gasteiger partial charge >= 0.3 is 0 Å². The van der Waals surface area contributed by atoms with Crippen molar-refractivity contribution in [3.63, 3.8) is 0 Å². The van der Waals surface area contributed by atoms with Crippen LogP contribution in [0.25, 0.3) is 16.9 Å². The van der Waals surface area contributed by atoms with E-state index >= 15 is 0 Å². The van der Waals surface area contributed by atoms with E-state index in [1.54, 1.807) is 16.8 Å². The third kappa shape index (κ3) is 4.57. The van der Waals surface area contributed by atoms with E-state index in [2.05, 4.69) is 31.7 Å². The fourth-order valence-corrected chi connectivity index (χ4v) is 5.27. The minimum absolute atomic E-state index is 0.00861. The first-order valence-electron chi connectivity index (χ1n) is 12.0. The van der Waals surface area contributed by atoms with Gasteiger partial charge in [-0.2, -0.15) is 9.61 Å². The summed E-state index contributed by atoms with van der Waals surface area (Å²) in [4.78, 5) is 29.9. The number of fused-ring (bicyclic) bond motifs is 2. The van der Waals surface area contributed by atoms with Gasteiger partial charge in [0.1, 0.15) is 5.82 Å². The molecule has 1 amide bonds. The molecule has 2 aromatic heterocycles. The molecule has 1 aliphatic carbocycles. The van der Waals surface area contributed by atoms with E-state index in [0.717, 1.165) is 32.7 Å². The Morgan fingerprint density at radius 3 is 2.55 bits per heavy atom. The largest absolute Gasteiger partial charge is 0.366 e. The average Bonchev–Trinajstić information content (AvgIpc) is 3.48. The SMILES string of the molecule is O=C1CC(C(=O)Nc2ccc(CNc3cc(-c4ccccc4Cl)nc4c(Br)cnn34)cc2)c2ccccc21. The van der Waals surface area contributed by atoms with E-state index in [1.165, 1.54) is 0 Å². The molecule has 5 aromatic rings. The molecule has 1 unspecified atom stereocenters. The summed E-state index contributed by atoms with van der Waals surface area (Å²) >= 11 is 9.96. The lowest BCUT2D eigenvalue weighted by Gasteiger charge is -2.13. The number of nitrogens with zero attached hydrogens (tertiary/aromatic N) is 3. The Morgan fingerprint density at radius 2 is 1.76 bits per heavy atom. The van der Waals surface area contributed by atoms with Crippen molar-refractivity contribution in [1.82, 2.24) is 14.6 Å². The maximum absolute atomic E-state index is 12.9. The standard InChI is InChI=1S/C29H21BrClN5O2/c30-23-16-33-36-27(14-25(35-28(23)36)21-7-3-4-8-24(21)31)32-15-17-9-11-18(12-10-17)34-29(38)22-13-26(37)20-6-2-1-5-19(20)22/h1-12,14,16,22,32H,13,15H2,(H,34,38). The second kappa shape index (κ2) is 10.0. The first kappa shape index (κ1) is 24.3. The number of benzene rings is 3. The van der Waals surface area contributed by atoms with E-state index < -0.39 is 5.92 Å². The number of ketones is 1. The summed E-state index contributed by atoms with van der Waals surface area (Å²) in [6.07, 6.45) is 1.91. The number of rotatable bonds is 6. The highest BCUT2D eigenvalue weighted by Gasteiger charge is 2.33. The highest BCUT2D eigenvalue weighted by atomic mass is 79.9. The number of Topliss-reactive ketones (excluding diaryl/α,β-unsaturated/α-hetero) is 1. The normalized spacial score (nSPS) is 14.5. The number of amides is 1. The van der Waals surface area contributed by atoms with Crippen molar-refractivity contribution in [2.24, 2.45) is 0 Å². The van der Waals surface area contributed by atoms with Gasteiger partial charge < -0.3 is 10.6 Å². The molecule has 0 spiro atoms. The van der Waals surface area contributed by atoms with Gasteiger partial charge in [0.05, 0.1) is 22.3 Å². The first-order chi connectivity index (χ1) is 18.5. The van der Waals surface area contributed by atoms with Crippen LogP contribution in [0.4, 0.5) is 11.5 Å². The highest BCUT2D eigenvalue weighted by molar-refractivity contribution is 9.10. The fourth-order valence-electron chi connectivity index (χ4n) is 4.69. The van der Waals surface area contributed by atoms with Crippen molar-refractivity contribution < 1.29 is 9.59 Å². The quantitative estimate of drug-likeness (QED) is 0.230. The minimum Gasteiger partial charge on any atom is -0.366 e. The Morgan fingerprint density at radius 1 is 1.03 bits per heavy atom. The van der Waals surface area contributed by atoms with Crippen LogP contribution >= 0.6 is 27.5 Å². The molecule has 188 valence electrons. The van der Waals surface area contributed by atoms with Crippen LogP contribution in [0.15, 0.2) is 89.5 Å². The van der Waals surface area contributed by atoms with Crippen LogP contribution in [-0.4, -0.2) is 26.3 Å². The second-order valence-corrected chi connectivity index (χ2v) is 10.3. The van der Waals surface area contributed by atoms with Crippen molar-refractivity contribution in [3.05, 3.63) is 111 Å². The van der Waals surface area contributed by atoms with E-state index in [1.807, 2.05) is 72.8 Å². The second-order valence-electron chi connectivity index (χ2n) is 9.04. The summed E-state index contributed by atoms with van der Waals surface area (Å²) in [5.41, 5.74) is 5.37. The van der Waals surface area contributed by atoms with Crippen molar-refractivity contribution >= 4 is 56.4 Å². The summed E-state index contributed by atoms with van der Waals surface area (Å²) in [5, 5.41) is 11.4. The topological polar surface area (TPSA) is 88.4 Å². The predicted molar refractivity (Wildman–Crippen MR) is 152 cm³/mol. The Bertz CT molecular complexity index is 1700. The number of hydrogen-bond acceptors (Lipinski definition) is 5. The van der Waals surface area contributed by atoms with Gasteiger partial charge in [-0.3, -0.25) is 9.59 Å². The van der Waals surface area contributed by atoms with Crippen LogP contribution < -0.4 is 10.6 Å². The zero-order valence-electron chi connectivity index (χ0n) is 20.0. The van der Waals surface area contributed by atoms with Gasteiger partial charge in [-0.15, -0.1) is 0 Å². The molecule has 0 radical (unpaired) electrons. The third-order valence-electron chi connectivity index (χ3n) is 6.62. The molecule has 0 aliphatic heterocycles. The molecule has 1 aliphatic rings. The molecular formula is C29H21BrClN5O2. The zero-order valence-corrected chi connectivity index (χ0v) is 22.3. The molecule has 2 heterocycles. The highest BCUT2D eigenvalue weighted by Crippen LogP contribution is 2.34. The Labute approximate surface area is 232 Å². The van der Waals surface area contributed by atoms with Crippen molar-refractivity contribution in [2.75, 3.05) is 10.6 Å². The lowest BCUT2D eigenvalue weighted by atomic mass is 10.0. The van der Waals surface area contributed by atoms with Crippen LogP contribution in [0.2, 0.25) is 5.02 Å². The van der Waals surface area contributed by atoms with Gasteiger partial charge in [-0.1, -0.05) is 66.2 Å². The van der Waals surface area contributed by atoms with E-state index in [-0.39, 0.29) is 18.1 Å². The summed E-state index contributed by atoms with van der Waals surface area (Å²) < 4.78 is 2.51. The van der Waals surface area contributed by atoms with Crippen LogP contribution in [0.1, 0.15) is 33.8 Å². The number of aromatic nitrogens is 3. The molecule has 6 rings (SSSR count). The van der Waals surface area contributed by atoms with E-state index in [9.17, 15) is 9.59 Å². The number of hydrogen-bond donors (Lipinski definition) is 2. The Kier molecular flexibility index (Phi) is 6.43. The third-order valence-corrected chi connectivity index (χ3v) is 7.51. The Balaban J connectivity index is 1.18. The average molecular weight is 587 g/mol. The predicted octanol–water partition coefficient (Wildman–Crippen LogP) is 6.73. The van der Waals surface area contributed by atoms with Gasteiger partial charge in [-0.25, -0.2) is 4.98 Å². The van der Waals surface area contributed by atoms with Crippen LogP contribution in [0, 0.1) is 0 Å². The first-order valence-corrected chi connectivity index (χ1v) is 13.2. The fraction of sp³-hybridized carbons (Fsp3) is 0.103. The monoisotopic (exact) mass is 585 g/mol. The lowest BCUT2D eigenvalue weighted by molar-refractivity contribution is -0.117. The van der Waals surface area contributed by atoms with Crippen molar-refractivity contribution in [3.8, 4) is 11.3 Å². The van der Waals surface area contributed by atoms with E-state index in [0.29, 0.717) is 28.5 Å². The molecule has 3 aromatic carbocycles. The molecule has 9 heteroatoms. The molecule has 0 saturated heterocycles. The number of anilines is 2. The molecule has 7 nitrogen and oxygen atoms in total. The molecule has 2 N–H and O–H groups in total. The lowest BCUT2D eigenvalue weighted by Crippen LogP contribution is -2.19. The number of halogens is 2. The summed E-state index contributed by atoms with van der Waals surface area (Å²) in [7, 11) is 0. The maximum atomic E-state index is 12.9. The molecule has 0 fully saturated rings. The van der Waals surface area contributed by atoms with Crippen molar-refractivity contribution in [1.29, 1.82) is 0 Å². The van der Waals surface area contributed by atoms with Gasteiger partial charge in [0.2, 0.25) is 5.91 Å². The maximum Gasteiger partial charge on any atom is 0.232 e. The molecule has 1 atom stereocenters. The van der Waals surface area contributed by atoms with Crippen LogP contribution in [-0.2, 0) is 11.3 Å².